The van der Waals surface area contributed by atoms with Crippen LogP contribution in [-0.4, -0.2) is 40.3 Å². The fraction of sp³-hybridized carbons (Fsp3) is 0.350. The molecule has 6 nitrogen and oxygen atoms in total. The van der Waals surface area contributed by atoms with Gasteiger partial charge in [-0.3, -0.25) is 9.10 Å². The Labute approximate surface area is 171 Å². The minimum atomic E-state index is -3.72. The van der Waals surface area contributed by atoms with E-state index in [0.717, 1.165) is 16.1 Å². The molecule has 1 amide bonds. The molecule has 0 aromatic heterocycles. The highest BCUT2D eigenvalue weighted by Crippen LogP contribution is 2.31. The first-order chi connectivity index (χ1) is 13.1. The first-order valence-corrected chi connectivity index (χ1v) is 11.0. The summed E-state index contributed by atoms with van der Waals surface area (Å²) in [5.41, 5.74) is 1.39. The molecule has 8 heteroatoms. The molecule has 28 heavy (non-hydrogen) atoms. The number of amides is 1. The van der Waals surface area contributed by atoms with Crippen molar-refractivity contribution in [2.24, 2.45) is 0 Å². The monoisotopic (exact) mass is 424 g/mol. The number of halogens is 1. The summed E-state index contributed by atoms with van der Waals surface area (Å²) in [4.78, 5) is 12.7. The van der Waals surface area contributed by atoms with Crippen LogP contribution in [0, 0.1) is 0 Å². The van der Waals surface area contributed by atoms with Crippen LogP contribution >= 0.6 is 11.6 Å². The number of methoxy groups -OCH3 is 1. The molecule has 0 aliphatic heterocycles. The molecule has 0 heterocycles. The lowest BCUT2D eigenvalue weighted by Crippen LogP contribution is -2.48. The third-order valence-corrected chi connectivity index (χ3v) is 5.97. The summed E-state index contributed by atoms with van der Waals surface area (Å²) in [7, 11) is -2.24. The molecule has 0 aliphatic rings. The number of hydrogen-bond donors (Lipinski definition) is 1. The molecule has 0 saturated heterocycles. The number of sulfonamides is 1. The first kappa shape index (κ1) is 22.0. The summed E-state index contributed by atoms with van der Waals surface area (Å²) in [6.45, 7) is 3.94. The van der Waals surface area contributed by atoms with Gasteiger partial charge in [0.25, 0.3) is 0 Å². The van der Waals surface area contributed by atoms with Crippen molar-refractivity contribution in [1.29, 1.82) is 0 Å². The second-order valence-electron chi connectivity index (χ2n) is 6.61. The number of ether oxygens (including phenoxy) is 1. The SMILES string of the molecule is COc1ccc(N([C@@H](C)C(=O)NC[C@H](C)c2ccccc2)S(C)(=O)=O)cc1Cl. The van der Waals surface area contributed by atoms with Crippen LogP contribution in [0.2, 0.25) is 5.02 Å². The van der Waals surface area contributed by atoms with E-state index in [9.17, 15) is 13.2 Å². The first-order valence-electron chi connectivity index (χ1n) is 8.80. The maximum Gasteiger partial charge on any atom is 0.243 e. The van der Waals surface area contributed by atoms with E-state index in [1.807, 2.05) is 37.3 Å². The number of nitrogens with one attached hydrogen (secondary N) is 1. The van der Waals surface area contributed by atoms with E-state index >= 15 is 0 Å². The number of nitrogens with zero attached hydrogens (tertiary/aromatic N) is 1. The number of benzene rings is 2. The van der Waals surface area contributed by atoms with Gasteiger partial charge in [0.1, 0.15) is 11.8 Å². The molecule has 2 aromatic carbocycles. The fourth-order valence-corrected chi connectivity index (χ4v) is 4.32. The Hall–Kier alpha value is -2.25. The highest BCUT2D eigenvalue weighted by Gasteiger charge is 2.29. The predicted molar refractivity (Wildman–Crippen MR) is 113 cm³/mol. The Morgan fingerprint density at radius 2 is 1.82 bits per heavy atom. The zero-order chi connectivity index (χ0) is 20.9. The normalized spacial score (nSPS) is 13.5. The summed E-state index contributed by atoms with van der Waals surface area (Å²) < 4.78 is 30.9. The molecule has 0 spiro atoms. The molecule has 0 bridgehead atoms. The maximum atomic E-state index is 12.7. The smallest absolute Gasteiger partial charge is 0.243 e. The molecule has 0 aliphatic carbocycles. The van der Waals surface area contributed by atoms with E-state index < -0.39 is 16.1 Å². The van der Waals surface area contributed by atoms with Gasteiger partial charge >= 0.3 is 0 Å². The quantitative estimate of drug-likeness (QED) is 0.704. The number of rotatable bonds is 8. The van der Waals surface area contributed by atoms with Crippen molar-refractivity contribution in [2.75, 3.05) is 24.2 Å². The highest BCUT2D eigenvalue weighted by atomic mass is 35.5. The van der Waals surface area contributed by atoms with Crippen molar-refractivity contribution < 1.29 is 17.9 Å². The van der Waals surface area contributed by atoms with Crippen molar-refractivity contribution >= 4 is 33.2 Å². The van der Waals surface area contributed by atoms with Crippen LogP contribution in [0.1, 0.15) is 25.3 Å². The fourth-order valence-electron chi connectivity index (χ4n) is 2.90. The van der Waals surface area contributed by atoms with Gasteiger partial charge in [-0.2, -0.15) is 0 Å². The molecule has 0 unspecified atom stereocenters. The minimum absolute atomic E-state index is 0.0967. The Balaban J connectivity index is 2.17. The standard InChI is InChI=1S/C20H25ClN2O4S/c1-14(16-8-6-5-7-9-16)13-22-20(24)15(2)23(28(4,25)26)17-10-11-19(27-3)18(21)12-17/h5-12,14-15H,13H2,1-4H3,(H,22,24)/t14-,15-/m0/s1. The maximum absolute atomic E-state index is 12.7. The third-order valence-electron chi connectivity index (χ3n) is 4.43. The van der Waals surface area contributed by atoms with Crippen molar-refractivity contribution in [1.82, 2.24) is 5.32 Å². The number of carbonyl (C=O) groups is 1. The summed E-state index contributed by atoms with van der Waals surface area (Å²) in [5, 5.41) is 3.10. The molecular weight excluding hydrogens is 400 g/mol. The summed E-state index contributed by atoms with van der Waals surface area (Å²) in [6, 6.07) is 13.4. The average Bonchev–Trinajstić information content (AvgIpc) is 2.65. The lowest BCUT2D eigenvalue weighted by atomic mass is 10.0. The Morgan fingerprint density at radius 3 is 2.36 bits per heavy atom. The average molecular weight is 425 g/mol. The van der Waals surface area contributed by atoms with Crippen molar-refractivity contribution in [2.45, 2.75) is 25.8 Å². The summed E-state index contributed by atoms with van der Waals surface area (Å²) in [6.07, 6.45) is 1.06. The van der Waals surface area contributed by atoms with Gasteiger partial charge in [0.2, 0.25) is 15.9 Å². The van der Waals surface area contributed by atoms with E-state index in [1.165, 1.54) is 13.2 Å². The number of anilines is 1. The van der Waals surface area contributed by atoms with Crippen molar-refractivity contribution in [3.63, 3.8) is 0 Å². The summed E-state index contributed by atoms with van der Waals surface area (Å²) >= 11 is 6.13. The molecule has 0 fully saturated rings. The van der Waals surface area contributed by atoms with Crippen LogP contribution < -0.4 is 14.4 Å². The lowest BCUT2D eigenvalue weighted by Gasteiger charge is -2.29. The molecule has 152 valence electrons. The van der Waals surface area contributed by atoms with Gasteiger partial charge in [0.15, 0.2) is 0 Å². The van der Waals surface area contributed by atoms with Crippen LogP contribution in [0.15, 0.2) is 48.5 Å². The van der Waals surface area contributed by atoms with Gasteiger partial charge in [-0.05, 0) is 36.6 Å². The van der Waals surface area contributed by atoms with E-state index in [0.29, 0.717) is 18.0 Å². The van der Waals surface area contributed by atoms with Crippen molar-refractivity contribution in [3.8, 4) is 5.75 Å². The van der Waals surface area contributed by atoms with Crippen LogP contribution in [0.5, 0.6) is 5.75 Å². The second-order valence-corrected chi connectivity index (χ2v) is 8.88. The number of hydrogen-bond acceptors (Lipinski definition) is 4. The predicted octanol–water partition coefficient (Wildman–Crippen LogP) is 3.42. The van der Waals surface area contributed by atoms with Gasteiger partial charge in [-0.1, -0.05) is 48.9 Å². The molecule has 2 rings (SSSR count). The summed E-state index contributed by atoms with van der Waals surface area (Å²) in [5.74, 6) is 0.132. The topological polar surface area (TPSA) is 75.7 Å². The van der Waals surface area contributed by atoms with Gasteiger partial charge < -0.3 is 10.1 Å². The highest BCUT2D eigenvalue weighted by molar-refractivity contribution is 7.92. The van der Waals surface area contributed by atoms with E-state index in [-0.39, 0.29) is 16.8 Å². The van der Waals surface area contributed by atoms with Gasteiger partial charge in [0, 0.05) is 6.54 Å². The Morgan fingerprint density at radius 1 is 1.18 bits per heavy atom. The molecule has 1 N–H and O–H groups in total. The van der Waals surface area contributed by atoms with Gasteiger partial charge in [0.05, 0.1) is 24.1 Å². The minimum Gasteiger partial charge on any atom is -0.495 e. The van der Waals surface area contributed by atoms with E-state index in [2.05, 4.69) is 5.32 Å². The third kappa shape index (κ3) is 5.39. The molecule has 0 saturated carbocycles. The van der Waals surface area contributed by atoms with Crippen LogP contribution in [0.3, 0.4) is 0 Å². The van der Waals surface area contributed by atoms with Gasteiger partial charge in [-0.15, -0.1) is 0 Å². The van der Waals surface area contributed by atoms with E-state index in [4.69, 9.17) is 16.3 Å². The number of carbonyl (C=O) groups excluding carboxylic acids is 1. The van der Waals surface area contributed by atoms with Crippen LogP contribution in [0.25, 0.3) is 0 Å². The largest absolute Gasteiger partial charge is 0.495 e. The van der Waals surface area contributed by atoms with E-state index in [1.54, 1.807) is 19.1 Å². The van der Waals surface area contributed by atoms with Crippen LogP contribution in [-0.2, 0) is 14.8 Å². The molecule has 2 aromatic rings. The Bertz CT molecular complexity index is 919. The molecular formula is C20H25ClN2O4S. The molecule has 2 atom stereocenters. The zero-order valence-electron chi connectivity index (χ0n) is 16.3. The van der Waals surface area contributed by atoms with Gasteiger partial charge in [-0.25, -0.2) is 8.42 Å². The zero-order valence-corrected chi connectivity index (χ0v) is 17.9. The van der Waals surface area contributed by atoms with Crippen molar-refractivity contribution in [3.05, 3.63) is 59.1 Å². The van der Waals surface area contributed by atoms with Crippen LogP contribution in [0.4, 0.5) is 5.69 Å². The molecule has 0 radical (unpaired) electrons. The second kappa shape index (κ2) is 9.30. The lowest BCUT2D eigenvalue weighted by molar-refractivity contribution is -0.121. The Kier molecular flexibility index (Phi) is 7.32.